The molecule has 1 aliphatic rings. The number of rotatable bonds is 3. The summed E-state index contributed by atoms with van der Waals surface area (Å²) in [6, 6.07) is 3.98. The Hall–Kier alpha value is -2.24. The second-order valence-electron chi connectivity index (χ2n) is 5.54. The van der Waals surface area contributed by atoms with Gasteiger partial charge in [0.05, 0.1) is 18.9 Å². The van der Waals surface area contributed by atoms with Crippen LogP contribution in [0.3, 0.4) is 0 Å². The minimum Gasteiger partial charge on any atom is -0.394 e. The summed E-state index contributed by atoms with van der Waals surface area (Å²) >= 11 is 1.36. The molecule has 10 heteroatoms. The summed E-state index contributed by atoms with van der Waals surface area (Å²) in [7, 11) is 0. The zero-order chi connectivity index (χ0) is 17.5. The summed E-state index contributed by atoms with van der Waals surface area (Å²) < 4.78 is 7.06. The lowest BCUT2D eigenvalue weighted by molar-refractivity contribution is -0.0585. The molecule has 0 spiro atoms. The quantitative estimate of drug-likeness (QED) is 0.726. The minimum absolute atomic E-state index is 0.205. The SMILES string of the molecule is CSc1ncnn2c(C3(C#N)OC(CO)C(O)C3(C)C#N)cnc12. The zero-order valence-corrected chi connectivity index (χ0v) is 13.7. The molecule has 0 saturated carbocycles. The molecule has 9 nitrogen and oxygen atoms in total. The fraction of sp³-hybridized carbons (Fsp3) is 0.500. The molecule has 0 amide bonds. The molecule has 3 heterocycles. The van der Waals surface area contributed by atoms with E-state index in [9.17, 15) is 20.7 Å². The van der Waals surface area contributed by atoms with E-state index in [2.05, 4.69) is 15.1 Å². The van der Waals surface area contributed by atoms with Gasteiger partial charge in [-0.3, -0.25) is 0 Å². The molecular formula is C14H14N6O3S. The van der Waals surface area contributed by atoms with Crippen molar-refractivity contribution < 1.29 is 14.9 Å². The summed E-state index contributed by atoms with van der Waals surface area (Å²) in [5.74, 6) is 0. The molecule has 0 aliphatic carbocycles. The van der Waals surface area contributed by atoms with Gasteiger partial charge in [0.25, 0.3) is 0 Å². The van der Waals surface area contributed by atoms with Gasteiger partial charge < -0.3 is 14.9 Å². The predicted octanol–water partition coefficient (Wildman–Crippen LogP) is -0.153. The van der Waals surface area contributed by atoms with Crippen LogP contribution in [0.2, 0.25) is 0 Å². The van der Waals surface area contributed by atoms with Gasteiger partial charge in [0.1, 0.15) is 40.7 Å². The van der Waals surface area contributed by atoms with Gasteiger partial charge in [0.2, 0.25) is 5.60 Å². The van der Waals surface area contributed by atoms with Crippen LogP contribution in [0.15, 0.2) is 17.6 Å². The van der Waals surface area contributed by atoms with Crippen LogP contribution in [-0.4, -0.2) is 54.9 Å². The number of nitrogens with zero attached hydrogens (tertiary/aromatic N) is 6. The lowest BCUT2D eigenvalue weighted by Crippen LogP contribution is -2.45. The Morgan fingerprint density at radius 2 is 2.17 bits per heavy atom. The number of aliphatic hydroxyl groups excluding tert-OH is 2. The molecule has 2 N–H and O–H groups in total. The second-order valence-corrected chi connectivity index (χ2v) is 6.33. The van der Waals surface area contributed by atoms with E-state index in [4.69, 9.17) is 4.74 Å². The third kappa shape index (κ3) is 1.88. The third-order valence-electron chi connectivity index (χ3n) is 4.40. The van der Waals surface area contributed by atoms with E-state index >= 15 is 0 Å². The van der Waals surface area contributed by atoms with E-state index in [1.807, 2.05) is 18.4 Å². The Balaban J connectivity index is 2.30. The van der Waals surface area contributed by atoms with Gasteiger partial charge in [-0.25, -0.2) is 14.5 Å². The van der Waals surface area contributed by atoms with Crippen molar-refractivity contribution >= 4 is 17.4 Å². The molecule has 24 heavy (non-hydrogen) atoms. The fourth-order valence-corrected chi connectivity index (χ4v) is 3.46. The van der Waals surface area contributed by atoms with E-state index < -0.39 is 29.8 Å². The monoisotopic (exact) mass is 346 g/mol. The molecule has 2 aromatic heterocycles. The van der Waals surface area contributed by atoms with Gasteiger partial charge in [-0.05, 0) is 13.2 Å². The number of hydrogen-bond donors (Lipinski definition) is 2. The van der Waals surface area contributed by atoms with Gasteiger partial charge >= 0.3 is 0 Å². The zero-order valence-electron chi connectivity index (χ0n) is 12.9. The summed E-state index contributed by atoms with van der Waals surface area (Å²) in [6.45, 7) is 0.899. The first-order chi connectivity index (χ1) is 11.5. The maximum atomic E-state index is 10.4. The minimum atomic E-state index is -1.84. The van der Waals surface area contributed by atoms with E-state index in [0.29, 0.717) is 10.7 Å². The van der Waals surface area contributed by atoms with Crippen LogP contribution in [0.5, 0.6) is 0 Å². The third-order valence-corrected chi connectivity index (χ3v) is 5.07. The lowest BCUT2D eigenvalue weighted by Gasteiger charge is -2.31. The number of fused-ring (bicyclic) bond motifs is 1. The molecule has 2 aromatic rings. The molecule has 1 saturated heterocycles. The van der Waals surface area contributed by atoms with Gasteiger partial charge in [0, 0.05) is 0 Å². The average molecular weight is 346 g/mol. The number of aliphatic hydroxyl groups is 2. The maximum absolute atomic E-state index is 10.4. The molecule has 4 unspecified atom stereocenters. The van der Waals surface area contributed by atoms with Crippen molar-refractivity contribution in [3.63, 3.8) is 0 Å². The van der Waals surface area contributed by atoms with Gasteiger partial charge in [-0.15, -0.1) is 11.8 Å². The highest BCUT2D eigenvalue weighted by molar-refractivity contribution is 7.98. The maximum Gasteiger partial charge on any atom is 0.219 e. The summed E-state index contributed by atoms with van der Waals surface area (Å²) in [5.41, 5.74) is -2.83. The summed E-state index contributed by atoms with van der Waals surface area (Å²) in [6.07, 6.45) is 2.11. The number of aromatic nitrogens is 4. The topological polar surface area (TPSA) is 140 Å². The molecule has 0 radical (unpaired) electrons. The Bertz CT molecular complexity index is 873. The first-order valence-corrected chi connectivity index (χ1v) is 8.24. The standard InChI is InChI=1S/C14H14N6O3S/c1-13(5-15)10(22)8(4-21)23-14(13,6-16)9-3-17-11-12(24-2)18-7-19-20(9)11/h3,7-8,10,21-22H,4H2,1-2H3. The van der Waals surface area contributed by atoms with E-state index in [-0.39, 0.29) is 5.69 Å². The van der Waals surface area contributed by atoms with Gasteiger partial charge in [-0.1, -0.05) is 0 Å². The van der Waals surface area contributed by atoms with Crippen LogP contribution in [0.1, 0.15) is 12.6 Å². The Labute approximate surface area is 141 Å². The fourth-order valence-electron chi connectivity index (χ4n) is 2.98. The van der Waals surface area contributed by atoms with Crippen LogP contribution in [0, 0.1) is 28.1 Å². The second kappa shape index (κ2) is 5.69. The molecule has 124 valence electrons. The largest absolute Gasteiger partial charge is 0.394 e. The van der Waals surface area contributed by atoms with Gasteiger partial charge in [-0.2, -0.15) is 15.6 Å². The molecule has 1 fully saturated rings. The molecule has 0 aromatic carbocycles. The van der Waals surface area contributed by atoms with Crippen molar-refractivity contribution in [2.75, 3.05) is 12.9 Å². The molecule has 4 atom stereocenters. The molecule has 3 rings (SSSR count). The highest BCUT2D eigenvalue weighted by atomic mass is 32.2. The number of ether oxygens (including phenoxy) is 1. The Morgan fingerprint density at radius 3 is 2.75 bits per heavy atom. The number of nitriles is 2. The Morgan fingerprint density at radius 1 is 1.42 bits per heavy atom. The van der Waals surface area contributed by atoms with Crippen molar-refractivity contribution in [2.45, 2.75) is 29.8 Å². The Kier molecular flexibility index (Phi) is 3.94. The van der Waals surface area contributed by atoms with Crippen LogP contribution < -0.4 is 0 Å². The number of thioether (sulfide) groups is 1. The molecule has 1 aliphatic heterocycles. The smallest absolute Gasteiger partial charge is 0.219 e. The highest BCUT2D eigenvalue weighted by Crippen LogP contribution is 2.52. The summed E-state index contributed by atoms with van der Waals surface area (Å²) in [4.78, 5) is 8.34. The van der Waals surface area contributed by atoms with E-state index in [1.54, 1.807) is 0 Å². The van der Waals surface area contributed by atoms with Gasteiger partial charge in [0.15, 0.2) is 5.65 Å². The van der Waals surface area contributed by atoms with Crippen LogP contribution >= 0.6 is 11.8 Å². The first kappa shape index (κ1) is 16.6. The van der Waals surface area contributed by atoms with Crippen molar-refractivity contribution in [3.8, 4) is 12.1 Å². The number of hydrogen-bond acceptors (Lipinski definition) is 9. The average Bonchev–Trinajstić information content (AvgIpc) is 3.14. The van der Waals surface area contributed by atoms with Crippen LogP contribution in [-0.2, 0) is 10.3 Å². The van der Waals surface area contributed by atoms with Crippen LogP contribution in [0.25, 0.3) is 5.65 Å². The molecule has 0 bridgehead atoms. The van der Waals surface area contributed by atoms with E-state index in [0.717, 1.165) is 0 Å². The lowest BCUT2D eigenvalue weighted by atomic mass is 9.71. The summed E-state index contributed by atoms with van der Waals surface area (Å²) in [5, 5.41) is 44.1. The van der Waals surface area contributed by atoms with E-state index in [1.165, 1.54) is 35.7 Å². The molecular weight excluding hydrogens is 332 g/mol. The predicted molar refractivity (Wildman–Crippen MR) is 81.5 cm³/mol. The first-order valence-electron chi connectivity index (χ1n) is 7.01. The van der Waals surface area contributed by atoms with Crippen molar-refractivity contribution in [1.82, 2.24) is 19.6 Å². The normalized spacial score (nSPS) is 32.6. The van der Waals surface area contributed by atoms with Crippen molar-refractivity contribution in [3.05, 3.63) is 18.2 Å². The highest BCUT2D eigenvalue weighted by Gasteiger charge is 2.66. The van der Waals surface area contributed by atoms with Crippen molar-refractivity contribution in [2.24, 2.45) is 5.41 Å². The van der Waals surface area contributed by atoms with Crippen molar-refractivity contribution in [1.29, 1.82) is 10.5 Å². The van der Waals surface area contributed by atoms with Crippen LogP contribution in [0.4, 0.5) is 0 Å². The number of imidazole rings is 1.